The Labute approximate surface area is 114 Å². The number of carbonyl (C=O) groups excluding carboxylic acids is 1. The Bertz CT molecular complexity index is 417. The van der Waals surface area contributed by atoms with Crippen LogP contribution in [-0.2, 0) is 4.79 Å². The minimum atomic E-state index is -0.132. The fraction of sp³-hybridized carbons (Fsp3) is 0.500. The summed E-state index contributed by atoms with van der Waals surface area (Å²) in [7, 11) is 1.53. The molecule has 0 unspecified atom stereocenters. The van der Waals surface area contributed by atoms with Gasteiger partial charge in [-0.05, 0) is 25.0 Å². The van der Waals surface area contributed by atoms with Crippen molar-refractivity contribution in [2.45, 2.75) is 32.7 Å². The molecule has 0 heterocycles. The maximum Gasteiger partial charge on any atom is 0.258 e. The molecule has 1 rings (SSSR count). The first-order valence-corrected chi connectivity index (χ1v) is 6.46. The zero-order valence-electron chi connectivity index (χ0n) is 11.7. The molecule has 3 N–H and O–H groups in total. The third-order valence-electron chi connectivity index (χ3n) is 2.90. The molecular formula is C14H22N2O3. The molecule has 0 radical (unpaired) electrons. The van der Waals surface area contributed by atoms with Crippen LogP contribution in [0.2, 0.25) is 0 Å². The van der Waals surface area contributed by atoms with Gasteiger partial charge in [-0.25, -0.2) is 0 Å². The molecule has 0 aliphatic heterocycles. The number of nitrogens with two attached hydrogens (primary N) is 1. The molecule has 0 fully saturated rings. The topological polar surface area (TPSA) is 73.6 Å². The second-order valence-electron chi connectivity index (χ2n) is 4.28. The normalized spacial score (nSPS) is 10.3. The smallest absolute Gasteiger partial charge is 0.258 e. The molecule has 5 heteroatoms. The van der Waals surface area contributed by atoms with Crippen LogP contribution in [0.25, 0.3) is 0 Å². The van der Waals surface area contributed by atoms with Gasteiger partial charge in [0, 0.05) is 17.8 Å². The van der Waals surface area contributed by atoms with Crippen LogP contribution in [0.1, 0.15) is 26.7 Å². The fourth-order valence-corrected chi connectivity index (χ4v) is 1.71. The summed E-state index contributed by atoms with van der Waals surface area (Å²) in [5.74, 6) is 0.902. The van der Waals surface area contributed by atoms with Gasteiger partial charge in [-0.3, -0.25) is 4.79 Å². The van der Waals surface area contributed by atoms with E-state index in [9.17, 15) is 4.79 Å². The third-order valence-corrected chi connectivity index (χ3v) is 2.90. The minimum Gasteiger partial charge on any atom is -0.493 e. The van der Waals surface area contributed by atoms with Crippen LogP contribution >= 0.6 is 0 Å². The molecule has 0 bridgehead atoms. The van der Waals surface area contributed by atoms with Crippen molar-refractivity contribution in [3.63, 3.8) is 0 Å². The quantitative estimate of drug-likeness (QED) is 0.740. The molecule has 1 amide bonds. The second-order valence-corrected chi connectivity index (χ2v) is 4.28. The van der Waals surface area contributed by atoms with Crippen molar-refractivity contribution in [1.82, 2.24) is 5.32 Å². The van der Waals surface area contributed by atoms with Gasteiger partial charge in [0.05, 0.1) is 7.11 Å². The molecule has 0 spiro atoms. The number of nitrogens with one attached hydrogen (secondary N) is 1. The van der Waals surface area contributed by atoms with Crippen molar-refractivity contribution >= 4 is 11.6 Å². The van der Waals surface area contributed by atoms with Gasteiger partial charge < -0.3 is 20.5 Å². The summed E-state index contributed by atoms with van der Waals surface area (Å²) in [4.78, 5) is 11.7. The monoisotopic (exact) mass is 266 g/mol. The Morgan fingerprint density at radius 1 is 1.32 bits per heavy atom. The van der Waals surface area contributed by atoms with E-state index in [0.717, 1.165) is 12.8 Å². The molecule has 0 aliphatic carbocycles. The van der Waals surface area contributed by atoms with Gasteiger partial charge in [0.1, 0.15) is 0 Å². The average Bonchev–Trinajstić information content (AvgIpc) is 2.43. The van der Waals surface area contributed by atoms with E-state index in [4.69, 9.17) is 15.2 Å². The Morgan fingerprint density at radius 2 is 2.00 bits per heavy atom. The summed E-state index contributed by atoms with van der Waals surface area (Å²) in [5, 5.41) is 2.91. The number of rotatable bonds is 7. The van der Waals surface area contributed by atoms with Crippen molar-refractivity contribution < 1.29 is 14.3 Å². The van der Waals surface area contributed by atoms with Crippen LogP contribution in [0.3, 0.4) is 0 Å². The van der Waals surface area contributed by atoms with Crippen molar-refractivity contribution in [2.75, 3.05) is 19.5 Å². The van der Waals surface area contributed by atoms with Gasteiger partial charge in [-0.1, -0.05) is 13.8 Å². The lowest BCUT2D eigenvalue weighted by Crippen LogP contribution is -2.37. The molecule has 19 heavy (non-hydrogen) atoms. The van der Waals surface area contributed by atoms with Crippen LogP contribution < -0.4 is 20.5 Å². The molecule has 106 valence electrons. The lowest BCUT2D eigenvalue weighted by atomic mass is 10.2. The van der Waals surface area contributed by atoms with Gasteiger partial charge in [0.15, 0.2) is 18.1 Å². The zero-order valence-corrected chi connectivity index (χ0v) is 11.7. The molecule has 1 aromatic carbocycles. The van der Waals surface area contributed by atoms with Crippen LogP contribution in [0, 0.1) is 0 Å². The highest BCUT2D eigenvalue weighted by atomic mass is 16.5. The van der Waals surface area contributed by atoms with E-state index in [1.807, 2.05) is 13.8 Å². The summed E-state index contributed by atoms with van der Waals surface area (Å²) in [5.41, 5.74) is 6.23. The Morgan fingerprint density at radius 3 is 2.58 bits per heavy atom. The number of carbonyl (C=O) groups is 1. The van der Waals surface area contributed by atoms with E-state index in [2.05, 4.69) is 5.32 Å². The Kier molecular flexibility index (Phi) is 5.99. The summed E-state index contributed by atoms with van der Waals surface area (Å²) in [6, 6.07) is 5.26. The lowest BCUT2D eigenvalue weighted by Gasteiger charge is -2.15. The van der Waals surface area contributed by atoms with Crippen LogP contribution in [0.15, 0.2) is 18.2 Å². The zero-order chi connectivity index (χ0) is 14.3. The highest BCUT2D eigenvalue weighted by Gasteiger charge is 2.10. The number of amides is 1. The Balaban J connectivity index is 2.54. The maximum absolute atomic E-state index is 11.7. The van der Waals surface area contributed by atoms with Crippen LogP contribution in [0.5, 0.6) is 11.5 Å². The van der Waals surface area contributed by atoms with Crippen LogP contribution in [0.4, 0.5) is 5.69 Å². The van der Waals surface area contributed by atoms with Gasteiger partial charge in [-0.15, -0.1) is 0 Å². The standard InChI is InChI=1S/C14H22N2O3/c1-4-11(5-2)16-14(17)9-19-12-7-6-10(15)8-13(12)18-3/h6-8,11H,4-5,9,15H2,1-3H3,(H,16,17). The van der Waals surface area contributed by atoms with E-state index in [0.29, 0.717) is 17.2 Å². The first-order valence-electron chi connectivity index (χ1n) is 6.46. The predicted molar refractivity (Wildman–Crippen MR) is 75.4 cm³/mol. The molecule has 0 aliphatic rings. The molecule has 5 nitrogen and oxygen atoms in total. The molecule has 0 saturated carbocycles. The first kappa shape index (κ1) is 15.1. The van der Waals surface area contributed by atoms with E-state index in [1.54, 1.807) is 18.2 Å². The molecule has 1 aromatic rings. The van der Waals surface area contributed by atoms with E-state index >= 15 is 0 Å². The summed E-state index contributed by atoms with van der Waals surface area (Å²) in [6.45, 7) is 4.05. The number of nitrogen functional groups attached to an aromatic ring is 1. The maximum atomic E-state index is 11.7. The van der Waals surface area contributed by atoms with Crippen molar-refractivity contribution in [3.05, 3.63) is 18.2 Å². The van der Waals surface area contributed by atoms with E-state index in [1.165, 1.54) is 7.11 Å². The van der Waals surface area contributed by atoms with E-state index in [-0.39, 0.29) is 18.6 Å². The highest BCUT2D eigenvalue weighted by Crippen LogP contribution is 2.28. The van der Waals surface area contributed by atoms with Gasteiger partial charge in [0.25, 0.3) is 5.91 Å². The number of hydrogen-bond acceptors (Lipinski definition) is 4. The molecule has 0 aromatic heterocycles. The first-order chi connectivity index (χ1) is 9.10. The SMILES string of the molecule is CCC(CC)NC(=O)COc1ccc(N)cc1OC. The average molecular weight is 266 g/mol. The van der Waals surface area contributed by atoms with Crippen molar-refractivity contribution in [3.8, 4) is 11.5 Å². The number of ether oxygens (including phenoxy) is 2. The molecular weight excluding hydrogens is 244 g/mol. The van der Waals surface area contributed by atoms with Crippen molar-refractivity contribution in [1.29, 1.82) is 0 Å². The lowest BCUT2D eigenvalue weighted by molar-refractivity contribution is -0.123. The summed E-state index contributed by atoms with van der Waals surface area (Å²) >= 11 is 0. The van der Waals surface area contributed by atoms with Gasteiger partial charge in [-0.2, -0.15) is 0 Å². The van der Waals surface area contributed by atoms with Gasteiger partial charge >= 0.3 is 0 Å². The third kappa shape index (κ3) is 4.69. The summed E-state index contributed by atoms with van der Waals surface area (Å²) in [6.07, 6.45) is 1.82. The molecule has 0 saturated heterocycles. The number of anilines is 1. The number of hydrogen-bond donors (Lipinski definition) is 2. The highest BCUT2D eigenvalue weighted by molar-refractivity contribution is 5.78. The predicted octanol–water partition coefficient (Wildman–Crippen LogP) is 1.96. The Hall–Kier alpha value is -1.91. The van der Waals surface area contributed by atoms with Gasteiger partial charge in [0.2, 0.25) is 0 Å². The van der Waals surface area contributed by atoms with Crippen molar-refractivity contribution in [2.24, 2.45) is 0 Å². The molecule has 0 atom stereocenters. The largest absolute Gasteiger partial charge is 0.493 e. The van der Waals surface area contributed by atoms with Crippen LogP contribution in [-0.4, -0.2) is 25.7 Å². The second kappa shape index (κ2) is 7.51. The van der Waals surface area contributed by atoms with E-state index < -0.39 is 0 Å². The number of methoxy groups -OCH3 is 1. The number of benzene rings is 1. The minimum absolute atomic E-state index is 0.0310. The summed E-state index contributed by atoms with van der Waals surface area (Å²) < 4.78 is 10.6. The fourth-order valence-electron chi connectivity index (χ4n) is 1.71.